The molecular weight excluding hydrogens is 324 g/mol. The molecule has 0 spiro atoms. The first-order valence-electron chi connectivity index (χ1n) is 7.71. The quantitative estimate of drug-likeness (QED) is 0.835. The van der Waals surface area contributed by atoms with Gasteiger partial charge in [-0.1, -0.05) is 0 Å². The third-order valence-electron chi connectivity index (χ3n) is 3.28. The monoisotopic (exact) mass is 348 g/mol. The van der Waals surface area contributed by atoms with Gasteiger partial charge in [0.05, 0.1) is 13.2 Å². The average molecular weight is 348 g/mol. The normalized spacial score (nSPS) is 11.8. The second kappa shape index (κ2) is 7.23. The number of hydrogen-bond donors (Lipinski definition) is 1. The summed E-state index contributed by atoms with van der Waals surface area (Å²) < 4.78 is 4.17. The Hall–Kier alpha value is -2.06. The van der Waals surface area contributed by atoms with Gasteiger partial charge in [-0.05, 0) is 52.2 Å². The molecule has 1 amide bonds. The van der Waals surface area contributed by atoms with Crippen LogP contribution in [0.5, 0.6) is 0 Å². The van der Waals surface area contributed by atoms with E-state index in [-0.39, 0.29) is 18.0 Å². The standard InChI is InChI=1S/C16H24N6OS/c1-16(2,3)18-13(23)10-20(4)11-22-15(24)21(5)14(19-22)12-6-8-17-9-7-12/h6-9H,10-11H2,1-5H3,(H,18,23). The molecule has 2 rings (SSSR count). The predicted octanol–water partition coefficient (Wildman–Crippen LogP) is 1.82. The zero-order valence-corrected chi connectivity index (χ0v) is 15.6. The van der Waals surface area contributed by atoms with Gasteiger partial charge in [-0.3, -0.25) is 14.7 Å². The van der Waals surface area contributed by atoms with Crippen LogP contribution in [0.2, 0.25) is 0 Å². The van der Waals surface area contributed by atoms with Crippen LogP contribution in [0.25, 0.3) is 11.4 Å². The number of carbonyl (C=O) groups excluding carboxylic acids is 1. The second-order valence-corrected chi connectivity index (χ2v) is 7.22. The van der Waals surface area contributed by atoms with E-state index in [1.54, 1.807) is 17.1 Å². The zero-order valence-electron chi connectivity index (χ0n) is 14.8. The molecule has 0 aromatic carbocycles. The summed E-state index contributed by atoms with van der Waals surface area (Å²) in [5.74, 6) is 0.747. The molecule has 0 saturated carbocycles. The Balaban J connectivity index is 2.11. The molecule has 24 heavy (non-hydrogen) atoms. The lowest BCUT2D eigenvalue weighted by Gasteiger charge is -2.23. The Kier molecular flexibility index (Phi) is 5.51. The summed E-state index contributed by atoms with van der Waals surface area (Å²) in [5, 5.41) is 7.52. The van der Waals surface area contributed by atoms with E-state index in [0.717, 1.165) is 11.4 Å². The Morgan fingerprint density at radius 2 is 1.96 bits per heavy atom. The lowest BCUT2D eigenvalue weighted by Crippen LogP contribution is -2.45. The highest BCUT2D eigenvalue weighted by atomic mass is 32.1. The minimum atomic E-state index is -0.242. The molecule has 0 unspecified atom stereocenters. The van der Waals surface area contributed by atoms with Crippen LogP contribution in [0.3, 0.4) is 0 Å². The van der Waals surface area contributed by atoms with Crippen molar-refractivity contribution >= 4 is 18.1 Å². The van der Waals surface area contributed by atoms with Crippen LogP contribution in [0.15, 0.2) is 24.5 Å². The van der Waals surface area contributed by atoms with Crippen molar-refractivity contribution < 1.29 is 4.79 Å². The van der Waals surface area contributed by atoms with Crippen molar-refractivity contribution in [2.45, 2.75) is 33.0 Å². The topological polar surface area (TPSA) is 68.0 Å². The second-order valence-electron chi connectivity index (χ2n) is 6.85. The SMILES string of the molecule is CN(CC(=O)NC(C)(C)C)Cn1nc(-c2ccncc2)n(C)c1=S. The van der Waals surface area contributed by atoms with Crippen molar-refractivity contribution in [2.75, 3.05) is 13.6 Å². The van der Waals surface area contributed by atoms with Crippen LogP contribution in [-0.4, -0.2) is 49.3 Å². The molecule has 0 aliphatic heterocycles. The van der Waals surface area contributed by atoms with E-state index >= 15 is 0 Å². The third kappa shape index (κ3) is 4.72. The summed E-state index contributed by atoms with van der Waals surface area (Å²) in [4.78, 5) is 17.9. The maximum atomic E-state index is 12.0. The molecule has 0 saturated heterocycles. The van der Waals surface area contributed by atoms with Crippen molar-refractivity contribution in [1.82, 2.24) is 29.5 Å². The number of rotatable bonds is 5. The zero-order chi connectivity index (χ0) is 17.9. The Morgan fingerprint density at radius 3 is 2.54 bits per heavy atom. The summed E-state index contributed by atoms with van der Waals surface area (Å²) in [6, 6.07) is 3.78. The average Bonchev–Trinajstić information content (AvgIpc) is 2.74. The molecule has 2 aromatic rings. The van der Waals surface area contributed by atoms with Crippen molar-refractivity contribution in [3.63, 3.8) is 0 Å². The molecular formula is C16H24N6OS. The molecule has 2 aromatic heterocycles. The van der Waals surface area contributed by atoms with Crippen LogP contribution in [-0.2, 0) is 18.5 Å². The molecule has 130 valence electrons. The fraction of sp³-hybridized carbons (Fsp3) is 0.500. The Morgan fingerprint density at radius 1 is 1.33 bits per heavy atom. The van der Waals surface area contributed by atoms with Gasteiger partial charge in [0.15, 0.2) is 10.6 Å². The number of amides is 1. The fourth-order valence-corrected chi connectivity index (χ4v) is 2.50. The van der Waals surface area contributed by atoms with Gasteiger partial charge >= 0.3 is 0 Å². The first-order chi connectivity index (χ1) is 11.2. The van der Waals surface area contributed by atoms with E-state index < -0.39 is 0 Å². The number of pyridine rings is 1. The van der Waals surface area contributed by atoms with Gasteiger partial charge in [-0.25, -0.2) is 4.68 Å². The lowest BCUT2D eigenvalue weighted by atomic mass is 10.1. The van der Waals surface area contributed by atoms with Gasteiger partial charge in [-0.2, -0.15) is 5.10 Å². The van der Waals surface area contributed by atoms with Gasteiger partial charge in [0.2, 0.25) is 5.91 Å². The van der Waals surface area contributed by atoms with Crippen LogP contribution in [0.4, 0.5) is 0 Å². The van der Waals surface area contributed by atoms with Gasteiger partial charge in [0.25, 0.3) is 0 Å². The van der Waals surface area contributed by atoms with Crippen LogP contribution < -0.4 is 5.32 Å². The summed E-state index contributed by atoms with van der Waals surface area (Å²) in [5.41, 5.74) is 0.707. The molecule has 0 radical (unpaired) electrons. The molecule has 2 heterocycles. The molecule has 1 N–H and O–H groups in total. The van der Waals surface area contributed by atoms with Crippen molar-refractivity contribution in [1.29, 1.82) is 0 Å². The van der Waals surface area contributed by atoms with Gasteiger partial charge in [0, 0.05) is 30.5 Å². The highest BCUT2D eigenvalue weighted by Gasteiger charge is 2.16. The van der Waals surface area contributed by atoms with E-state index in [9.17, 15) is 4.79 Å². The summed E-state index contributed by atoms with van der Waals surface area (Å²) in [7, 11) is 3.75. The highest BCUT2D eigenvalue weighted by molar-refractivity contribution is 7.71. The third-order valence-corrected chi connectivity index (χ3v) is 3.77. The van der Waals surface area contributed by atoms with E-state index in [4.69, 9.17) is 12.2 Å². The first-order valence-corrected chi connectivity index (χ1v) is 8.12. The number of likely N-dealkylation sites (N-methyl/N-ethyl adjacent to an activating group) is 1. The van der Waals surface area contributed by atoms with E-state index in [1.165, 1.54) is 0 Å². The smallest absolute Gasteiger partial charge is 0.234 e. The summed E-state index contributed by atoms with van der Waals surface area (Å²) in [6.07, 6.45) is 3.45. The van der Waals surface area contributed by atoms with Crippen LogP contribution >= 0.6 is 12.2 Å². The Bertz CT molecular complexity index is 759. The van der Waals surface area contributed by atoms with Crippen molar-refractivity contribution in [3.05, 3.63) is 29.3 Å². The minimum Gasteiger partial charge on any atom is -0.350 e. The number of nitrogens with one attached hydrogen (secondary N) is 1. The number of aromatic nitrogens is 4. The number of carbonyl (C=O) groups is 1. The van der Waals surface area contributed by atoms with Gasteiger partial charge in [-0.15, -0.1) is 0 Å². The van der Waals surface area contributed by atoms with E-state index in [1.807, 2.05) is 56.5 Å². The predicted molar refractivity (Wildman–Crippen MR) is 95.8 cm³/mol. The minimum absolute atomic E-state index is 0.0261. The van der Waals surface area contributed by atoms with E-state index in [0.29, 0.717) is 11.4 Å². The van der Waals surface area contributed by atoms with Crippen molar-refractivity contribution in [2.24, 2.45) is 7.05 Å². The molecule has 0 fully saturated rings. The molecule has 0 aliphatic carbocycles. The Labute approximate surface area is 147 Å². The molecule has 0 atom stereocenters. The van der Waals surface area contributed by atoms with Crippen LogP contribution in [0.1, 0.15) is 20.8 Å². The van der Waals surface area contributed by atoms with E-state index in [2.05, 4.69) is 15.4 Å². The molecule has 8 heteroatoms. The van der Waals surface area contributed by atoms with Gasteiger partial charge in [0.1, 0.15) is 0 Å². The fourth-order valence-electron chi connectivity index (χ4n) is 2.31. The number of nitrogens with zero attached hydrogens (tertiary/aromatic N) is 5. The summed E-state index contributed by atoms with van der Waals surface area (Å²) >= 11 is 5.45. The first kappa shape index (κ1) is 18.3. The number of hydrogen-bond acceptors (Lipinski definition) is 5. The van der Waals surface area contributed by atoms with Gasteiger partial charge < -0.3 is 9.88 Å². The van der Waals surface area contributed by atoms with Crippen LogP contribution in [0, 0.1) is 4.77 Å². The molecule has 7 nitrogen and oxygen atoms in total. The maximum Gasteiger partial charge on any atom is 0.234 e. The largest absolute Gasteiger partial charge is 0.350 e. The van der Waals surface area contributed by atoms with Crippen molar-refractivity contribution in [3.8, 4) is 11.4 Å². The maximum absolute atomic E-state index is 12.0. The highest BCUT2D eigenvalue weighted by Crippen LogP contribution is 2.16. The molecule has 0 aliphatic rings. The molecule has 0 bridgehead atoms. The lowest BCUT2D eigenvalue weighted by molar-refractivity contribution is -0.123. The summed E-state index contributed by atoms with van der Waals surface area (Å²) in [6.45, 7) is 6.59.